The average molecular weight is 780 g/mol. The molecule has 2 heteroatoms. The van der Waals surface area contributed by atoms with Crippen molar-refractivity contribution in [3.63, 3.8) is 0 Å². The zero-order valence-corrected chi connectivity index (χ0v) is 34.1. The largest absolute Gasteiger partial charge is 0.455 e. The van der Waals surface area contributed by atoms with Gasteiger partial charge in [-0.15, -0.1) is 0 Å². The summed E-state index contributed by atoms with van der Waals surface area (Å²) in [4.78, 5) is 2.42. The van der Waals surface area contributed by atoms with Crippen molar-refractivity contribution in [2.45, 2.75) is 19.3 Å². The highest BCUT2D eigenvalue weighted by molar-refractivity contribution is 6.02. The number of aryl methyl sites for hydroxylation is 2. The maximum absolute atomic E-state index is 7.29. The Morgan fingerprint density at radius 2 is 0.836 bits per heavy atom. The second-order valence-corrected chi connectivity index (χ2v) is 16.5. The van der Waals surface area contributed by atoms with Gasteiger partial charge in [-0.25, -0.2) is 0 Å². The van der Waals surface area contributed by atoms with E-state index in [9.17, 15) is 0 Å². The van der Waals surface area contributed by atoms with Crippen LogP contribution in [0.1, 0.15) is 33.4 Å². The molecule has 0 bridgehead atoms. The number of fused-ring (bicyclic) bond motifs is 13. The Bertz CT molecular complexity index is 3270. The minimum Gasteiger partial charge on any atom is -0.455 e. The zero-order valence-electron chi connectivity index (χ0n) is 34.1. The second-order valence-electron chi connectivity index (χ2n) is 16.5. The summed E-state index contributed by atoms with van der Waals surface area (Å²) < 4.78 is 7.29. The Morgan fingerprint density at radius 1 is 0.344 bits per heavy atom. The molecule has 0 saturated carbocycles. The van der Waals surface area contributed by atoms with Crippen molar-refractivity contribution in [3.05, 3.63) is 246 Å². The van der Waals surface area contributed by atoms with Gasteiger partial charge in [0.2, 0.25) is 0 Å². The number of hydrogen-bond donors (Lipinski definition) is 0. The van der Waals surface area contributed by atoms with E-state index in [4.69, 9.17) is 4.74 Å². The summed E-state index contributed by atoms with van der Waals surface area (Å²) in [5, 5.41) is 4.71. The maximum atomic E-state index is 7.29. The van der Waals surface area contributed by atoms with E-state index in [1.807, 2.05) is 0 Å². The average Bonchev–Trinajstić information content (AvgIpc) is 3.60. The van der Waals surface area contributed by atoms with Crippen LogP contribution in [-0.4, -0.2) is 0 Å². The second kappa shape index (κ2) is 13.7. The SMILES string of the molecule is Cc1cccc2c3c(ccc12)C1(c2ccccc2-c2cc(-c4ccccc4N(c4ccccc4)c4ccccc4-c4ccccc4)ccc21)c1ccc2c(C)cccc2c1O3. The van der Waals surface area contributed by atoms with Gasteiger partial charge in [0.05, 0.1) is 16.8 Å². The van der Waals surface area contributed by atoms with E-state index in [1.54, 1.807) is 0 Å². The normalized spacial score (nSPS) is 13.0. The number of anilines is 3. The van der Waals surface area contributed by atoms with Crippen LogP contribution in [0, 0.1) is 13.8 Å². The third-order valence-electron chi connectivity index (χ3n) is 13.2. The lowest BCUT2D eigenvalue weighted by atomic mass is 9.65. The van der Waals surface area contributed by atoms with Crippen molar-refractivity contribution >= 4 is 38.6 Å². The molecule has 0 fully saturated rings. The number of benzene rings is 10. The number of ether oxygens (including phenoxy) is 1. The van der Waals surface area contributed by atoms with Gasteiger partial charge in [-0.1, -0.05) is 182 Å². The smallest absolute Gasteiger partial charge is 0.140 e. The van der Waals surface area contributed by atoms with Crippen LogP contribution in [0.2, 0.25) is 0 Å². The third-order valence-corrected chi connectivity index (χ3v) is 13.2. The van der Waals surface area contributed by atoms with E-state index in [0.29, 0.717) is 0 Å². The lowest BCUT2D eigenvalue weighted by molar-refractivity contribution is 0.447. The molecule has 1 spiro atoms. The van der Waals surface area contributed by atoms with E-state index in [-0.39, 0.29) is 0 Å². The Balaban J connectivity index is 1.12. The molecule has 288 valence electrons. The van der Waals surface area contributed by atoms with Crippen LogP contribution in [0.15, 0.2) is 212 Å². The number of hydrogen-bond acceptors (Lipinski definition) is 2. The first-order valence-electron chi connectivity index (χ1n) is 21.2. The van der Waals surface area contributed by atoms with Gasteiger partial charge in [-0.05, 0) is 99.5 Å². The van der Waals surface area contributed by atoms with Crippen LogP contribution in [-0.2, 0) is 5.41 Å². The first-order valence-corrected chi connectivity index (χ1v) is 21.2. The minimum atomic E-state index is -0.604. The first-order chi connectivity index (χ1) is 30.1. The molecule has 1 aliphatic carbocycles. The Hall–Kier alpha value is -7.68. The first kappa shape index (κ1) is 35.3. The van der Waals surface area contributed by atoms with Crippen LogP contribution in [0.25, 0.3) is 54.9 Å². The summed E-state index contributed by atoms with van der Waals surface area (Å²) in [5.74, 6) is 1.88. The number of para-hydroxylation sites is 3. The van der Waals surface area contributed by atoms with E-state index in [1.165, 1.54) is 66.4 Å². The molecule has 1 aliphatic heterocycles. The summed E-state index contributed by atoms with van der Waals surface area (Å²) in [6, 6.07) is 77.8. The fourth-order valence-corrected chi connectivity index (χ4v) is 10.5. The predicted molar refractivity (Wildman–Crippen MR) is 254 cm³/mol. The van der Waals surface area contributed by atoms with E-state index >= 15 is 0 Å². The fourth-order valence-electron chi connectivity index (χ4n) is 10.5. The Labute approximate surface area is 356 Å². The van der Waals surface area contributed by atoms with Gasteiger partial charge in [0.15, 0.2) is 0 Å². The molecule has 0 radical (unpaired) electrons. The summed E-state index contributed by atoms with van der Waals surface area (Å²) in [7, 11) is 0. The van der Waals surface area contributed by atoms with Gasteiger partial charge < -0.3 is 9.64 Å². The topological polar surface area (TPSA) is 12.5 Å². The van der Waals surface area contributed by atoms with Crippen LogP contribution in [0.4, 0.5) is 17.1 Å². The molecule has 61 heavy (non-hydrogen) atoms. The molecule has 0 N–H and O–H groups in total. The molecule has 0 aromatic heterocycles. The third kappa shape index (κ3) is 5.15. The predicted octanol–water partition coefficient (Wildman–Crippen LogP) is 15.9. The summed E-state index contributed by atoms with van der Waals surface area (Å²) >= 11 is 0. The van der Waals surface area contributed by atoms with Crippen molar-refractivity contribution in [1.82, 2.24) is 0 Å². The highest BCUT2D eigenvalue weighted by Crippen LogP contribution is 2.64. The summed E-state index contributed by atoms with van der Waals surface area (Å²) in [6.07, 6.45) is 0. The monoisotopic (exact) mass is 779 g/mol. The summed E-state index contributed by atoms with van der Waals surface area (Å²) in [6.45, 7) is 4.39. The highest BCUT2D eigenvalue weighted by Gasteiger charge is 2.52. The molecule has 10 aromatic carbocycles. The van der Waals surface area contributed by atoms with E-state index in [2.05, 4.69) is 231 Å². The summed E-state index contributed by atoms with van der Waals surface area (Å²) in [5.41, 5.74) is 17.3. The van der Waals surface area contributed by atoms with Gasteiger partial charge in [0, 0.05) is 38.7 Å². The van der Waals surface area contributed by atoms with E-state index in [0.717, 1.165) is 50.5 Å². The quantitative estimate of drug-likeness (QED) is 0.172. The van der Waals surface area contributed by atoms with Crippen molar-refractivity contribution in [2.75, 3.05) is 4.90 Å². The molecule has 10 aromatic rings. The van der Waals surface area contributed by atoms with Gasteiger partial charge in [-0.2, -0.15) is 0 Å². The van der Waals surface area contributed by atoms with E-state index < -0.39 is 5.41 Å². The molecule has 12 rings (SSSR count). The molecule has 0 saturated heterocycles. The fraction of sp³-hybridized carbons (Fsp3) is 0.0508. The van der Waals surface area contributed by atoms with Crippen LogP contribution in [0.3, 0.4) is 0 Å². The van der Waals surface area contributed by atoms with Gasteiger partial charge in [0.1, 0.15) is 11.5 Å². The molecule has 0 unspecified atom stereocenters. The lowest BCUT2D eigenvalue weighted by Gasteiger charge is -2.40. The van der Waals surface area contributed by atoms with Gasteiger partial charge in [0.25, 0.3) is 0 Å². The highest BCUT2D eigenvalue weighted by atomic mass is 16.5. The molecule has 1 heterocycles. The van der Waals surface area contributed by atoms with Crippen molar-refractivity contribution in [3.8, 4) is 44.9 Å². The lowest BCUT2D eigenvalue weighted by Crippen LogP contribution is -2.32. The number of nitrogens with zero attached hydrogens (tertiary/aromatic N) is 1. The molecule has 0 atom stereocenters. The maximum Gasteiger partial charge on any atom is 0.140 e. The molecule has 0 amide bonds. The molecule has 2 aliphatic rings. The van der Waals surface area contributed by atoms with Crippen LogP contribution >= 0.6 is 0 Å². The standard InChI is InChI=1S/C59H41NO/c1-38-17-15-26-48-43(38)32-35-53-57(48)61-58-49-27-16-18-39(2)44(49)33-36-54(58)59(53)51-28-12-9-25-47(51)50-37-41(31-34-52(50)59)46-24-11-14-30-56(46)60(42-21-7-4-8-22-42)55-29-13-10-23-45(55)40-19-5-3-6-20-40/h3-37H,1-2H3. The van der Waals surface area contributed by atoms with Gasteiger partial charge in [-0.3, -0.25) is 0 Å². The Kier molecular flexibility index (Phi) is 7.92. The zero-order chi connectivity index (χ0) is 40.7. The van der Waals surface area contributed by atoms with Crippen molar-refractivity contribution in [2.24, 2.45) is 0 Å². The molecule has 2 nitrogen and oxygen atoms in total. The number of rotatable bonds is 5. The molecular formula is C59H41NO. The van der Waals surface area contributed by atoms with Gasteiger partial charge >= 0.3 is 0 Å². The minimum absolute atomic E-state index is 0.604. The van der Waals surface area contributed by atoms with Crippen LogP contribution in [0.5, 0.6) is 11.5 Å². The van der Waals surface area contributed by atoms with Crippen molar-refractivity contribution < 1.29 is 4.74 Å². The molecular weight excluding hydrogens is 739 g/mol. The van der Waals surface area contributed by atoms with Crippen LogP contribution < -0.4 is 9.64 Å². The Morgan fingerprint density at radius 3 is 1.46 bits per heavy atom. The van der Waals surface area contributed by atoms with Crippen molar-refractivity contribution in [1.29, 1.82) is 0 Å².